The summed E-state index contributed by atoms with van der Waals surface area (Å²) in [4.78, 5) is 19.9. The van der Waals surface area contributed by atoms with E-state index in [1.54, 1.807) is 0 Å². The molecule has 0 fully saturated rings. The van der Waals surface area contributed by atoms with Gasteiger partial charge in [0.05, 0.1) is 6.61 Å². The van der Waals surface area contributed by atoms with E-state index >= 15 is 0 Å². The number of hydrogen-bond donors (Lipinski definition) is 4. The normalized spacial score (nSPS) is 13.7. The van der Waals surface area contributed by atoms with Gasteiger partial charge in [-0.15, -0.1) is 4.67 Å². The molecule has 0 rings (SSSR count). The van der Waals surface area contributed by atoms with Crippen LogP contribution < -0.4 is 0 Å². The zero-order valence-electron chi connectivity index (χ0n) is 5.45. The zero-order valence-corrected chi connectivity index (χ0v) is 6.35. The van der Waals surface area contributed by atoms with Gasteiger partial charge in [0, 0.05) is 0 Å². The Morgan fingerprint density at radius 1 is 1.42 bits per heavy atom. The van der Waals surface area contributed by atoms with Gasteiger partial charge in [0.1, 0.15) is 12.7 Å². The molecule has 70 valence electrons. The summed E-state index contributed by atoms with van der Waals surface area (Å²) in [7, 11) is -4.65. The fraction of sp³-hybridized carbons (Fsp3) is 1.00. The molecule has 4 N–H and O–H groups in total. The molecule has 0 aliphatic rings. The Bertz CT molecular complexity index is 146. The van der Waals surface area contributed by atoms with E-state index in [2.05, 4.69) is 9.56 Å². The minimum atomic E-state index is -4.65. The number of hydrogen-bond acceptors (Lipinski definition) is 5. The van der Waals surface area contributed by atoms with Crippen LogP contribution in [0.4, 0.5) is 0 Å². The summed E-state index contributed by atoms with van der Waals surface area (Å²) in [5, 5.41) is 16.7. The predicted molar refractivity (Wildman–Crippen MR) is 39.3 cm³/mol. The maximum absolute atomic E-state index is 9.90. The monoisotopic (exact) mass is 212 g/mol. The fourth-order valence-corrected chi connectivity index (χ4v) is 0.429. The fourth-order valence-electron chi connectivity index (χ4n) is 0.230. The van der Waals surface area contributed by atoms with Crippen LogP contribution in [0, 0.1) is 0 Å². The molecular formula is C3H10NaO7P. The van der Waals surface area contributed by atoms with E-state index in [9.17, 15) is 4.57 Å². The molecule has 0 radical (unpaired) electrons. The second-order valence-corrected chi connectivity index (χ2v) is 2.82. The van der Waals surface area contributed by atoms with Crippen molar-refractivity contribution in [2.45, 2.75) is 6.10 Å². The molecule has 0 amide bonds. The first-order valence-electron chi connectivity index (χ1n) is 2.61. The van der Waals surface area contributed by atoms with Gasteiger partial charge in [-0.2, -0.15) is 0 Å². The van der Waals surface area contributed by atoms with Crippen LogP contribution in [0.2, 0.25) is 0 Å². The summed E-state index contributed by atoms with van der Waals surface area (Å²) >= 11 is 0. The van der Waals surface area contributed by atoms with Gasteiger partial charge >= 0.3 is 37.4 Å². The summed E-state index contributed by atoms with van der Waals surface area (Å²) in [5.41, 5.74) is 0. The Kier molecular flexibility index (Phi) is 9.53. The third kappa shape index (κ3) is 11.0. The molecule has 0 aromatic carbocycles. The Balaban J connectivity index is 0. The SMILES string of the molecule is O=P(O)(O)OOCC(O)CO.[NaH]. The molecule has 0 aliphatic heterocycles. The van der Waals surface area contributed by atoms with Gasteiger partial charge in [-0.1, -0.05) is 0 Å². The number of aliphatic hydroxyl groups is 2. The van der Waals surface area contributed by atoms with Crippen molar-refractivity contribution in [2.24, 2.45) is 0 Å². The summed E-state index contributed by atoms with van der Waals surface area (Å²) in [6.07, 6.45) is -1.21. The minimum absolute atomic E-state index is 0. The first kappa shape index (κ1) is 15.5. The van der Waals surface area contributed by atoms with Crippen LogP contribution in [0.3, 0.4) is 0 Å². The quantitative estimate of drug-likeness (QED) is 0.176. The number of aliphatic hydroxyl groups excluding tert-OH is 2. The Labute approximate surface area is 90.8 Å². The van der Waals surface area contributed by atoms with Crippen molar-refractivity contribution in [3.8, 4) is 0 Å². The average Bonchev–Trinajstić information content (AvgIpc) is 1.85. The second kappa shape index (κ2) is 7.40. The summed E-state index contributed by atoms with van der Waals surface area (Å²) in [6, 6.07) is 0. The molecule has 1 atom stereocenters. The molecule has 9 heteroatoms. The van der Waals surface area contributed by atoms with Gasteiger partial charge in [0.15, 0.2) is 0 Å². The molecule has 0 aromatic rings. The number of rotatable bonds is 5. The van der Waals surface area contributed by atoms with E-state index in [0.717, 1.165) is 0 Å². The van der Waals surface area contributed by atoms with Crippen LogP contribution in [0.25, 0.3) is 0 Å². The van der Waals surface area contributed by atoms with Crippen LogP contribution >= 0.6 is 7.82 Å². The van der Waals surface area contributed by atoms with E-state index < -0.39 is 27.1 Å². The van der Waals surface area contributed by atoms with E-state index in [0.29, 0.717) is 0 Å². The van der Waals surface area contributed by atoms with Gasteiger partial charge in [-0.25, -0.2) is 9.45 Å². The van der Waals surface area contributed by atoms with Gasteiger partial charge in [-0.05, 0) is 0 Å². The first-order chi connectivity index (χ1) is 4.95. The Hall–Kier alpha value is 0.990. The standard InChI is InChI=1S/C3H9O7P.Na.H/c4-1-3(5)2-9-10-11(6,7)8;;/h3-5H,1-2H2,(H2,6,7,8);;. The van der Waals surface area contributed by atoms with Crippen LogP contribution in [-0.4, -0.2) is 68.9 Å². The number of phosphoric acid groups is 1. The first-order valence-corrected chi connectivity index (χ1v) is 4.14. The van der Waals surface area contributed by atoms with Crippen molar-refractivity contribution in [3.63, 3.8) is 0 Å². The van der Waals surface area contributed by atoms with Crippen molar-refractivity contribution in [3.05, 3.63) is 0 Å². The van der Waals surface area contributed by atoms with Crippen LogP contribution in [0.1, 0.15) is 0 Å². The molecule has 0 saturated carbocycles. The van der Waals surface area contributed by atoms with Crippen molar-refractivity contribution < 1.29 is 34.1 Å². The topological polar surface area (TPSA) is 116 Å². The van der Waals surface area contributed by atoms with Crippen molar-refractivity contribution in [2.75, 3.05) is 13.2 Å². The van der Waals surface area contributed by atoms with Gasteiger partial charge < -0.3 is 20.0 Å². The second-order valence-electron chi connectivity index (χ2n) is 1.69. The molecule has 1 unspecified atom stereocenters. The Morgan fingerprint density at radius 3 is 2.25 bits per heavy atom. The molecule has 0 spiro atoms. The van der Waals surface area contributed by atoms with Crippen LogP contribution in [0.15, 0.2) is 0 Å². The van der Waals surface area contributed by atoms with E-state index in [-0.39, 0.29) is 29.6 Å². The summed E-state index contributed by atoms with van der Waals surface area (Å²) in [5.74, 6) is 0. The van der Waals surface area contributed by atoms with Gasteiger partial charge in [0.25, 0.3) is 0 Å². The zero-order chi connectivity index (χ0) is 8.91. The molecule has 12 heavy (non-hydrogen) atoms. The predicted octanol–water partition coefficient (Wildman–Crippen LogP) is -2.27. The van der Waals surface area contributed by atoms with Crippen molar-refractivity contribution >= 4 is 37.4 Å². The maximum atomic E-state index is 9.90. The molecule has 0 saturated heterocycles. The van der Waals surface area contributed by atoms with Gasteiger partial charge in [0.2, 0.25) is 0 Å². The summed E-state index contributed by atoms with van der Waals surface area (Å²) in [6.45, 7) is -1.06. The van der Waals surface area contributed by atoms with Crippen molar-refractivity contribution in [1.82, 2.24) is 0 Å². The van der Waals surface area contributed by atoms with Gasteiger partial charge in [-0.3, -0.25) is 0 Å². The Morgan fingerprint density at radius 2 is 1.92 bits per heavy atom. The van der Waals surface area contributed by atoms with Crippen LogP contribution in [0.5, 0.6) is 0 Å². The molecule has 0 aliphatic carbocycles. The third-order valence-corrected chi connectivity index (χ3v) is 0.921. The van der Waals surface area contributed by atoms with Crippen LogP contribution in [-0.2, 0) is 14.1 Å². The average molecular weight is 212 g/mol. The molecule has 7 nitrogen and oxygen atoms in total. The van der Waals surface area contributed by atoms with E-state index in [1.165, 1.54) is 0 Å². The molecule has 0 aromatic heterocycles. The molecule has 0 bridgehead atoms. The van der Waals surface area contributed by atoms with E-state index in [4.69, 9.17) is 20.0 Å². The third-order valence-electron chi connectivity index (χ3n) is 0.621. The molecule has 0 heterocycles. The summed E-state index contributed by atoms with van der Waals surface area (Å²) < 4.78 is 13.4. The van der Waals surface area contributed by atoms with E-state index in [1.807, 2.05) is 0 Å². The molecular weight excluding hydrogens is 202 g/mol. The van der Waals surface area contributed by atoms with Crippen molar-refractivity contribution in [1.29, 1.82) is 0 Å².